The van der Waals surface area contributed by atoms with Crippen LogP contribution in [0.2, 0.25) is 0 Å². The Kier molecular flexibility index (Phi) is 6.27. The highest BCUT2D eigenvalue weighted by molar-refractivity contribution is 5.21. The molecular formula is C15H23F2N. The summed E-state index contributed by atoms with van der Waals surface area (Å²) in [7, 11) is 0. The SMILES string of the molecule is CCCNC(CC(C)CC)c1cc(F)cc(F)c1. The van der Waals surface area contributed by atoms with Gasteiger partial charge in [0.2, 0.25) is 0 Å². The van der Waals surface area contributed by atoms with Gasteiger partial charge in [-0.05, 0) is 43.0 Å². The Bertz CT molecular complexity index is 345. The van der Waals surface area contributed by atoms with Gasteiger partial charge in [0.05, 0.1) is 0 Å². The van der Waals surface area contributed by atoms with Crippen LogP contribution in [0.1, 0.15) is 51.6 Å². The van der Waals surface area contributed by atoms with Gasteiger partial charge in [0.1, 0.15) is 11.6 Å². The Morgan fingerprint density at radius 1 is 1.11 bits per heavy atom. The summed E-state index contributed by atoms with van der Waals surface area (Å²) in [5.41, 5.74) is 0.709. The molecular weight excluding hydrogens is 232 g/mol. The predicted octanol–water partition coefficient (Wildman–Crippen LogP) is 4.44. The highest BCUT2D eigenvalue weighted by Gasteiger charge is 2.15. The van der Waals surface area contributed by atoms with Gasteiger partial charge in [-0.2, -0.15) is 0 Å². The van der Waals surface area contributed by atoms with E-state index in [-0.39, 0.29) is 6.04 Å². The van der Waals surface area contributed by atoms with E-state index < -0.39 is 11.6 Å². The first-order valence-electron chi connectivity index (χ1n) is 6.76. The summed E-state index contributed by atoms with van der Waals surface area (Å²) in [6, 6.07) is 3.81. The molecule has 3 heteroatoms. The molecule has 102 valence electrons. The topological polar surface area (TPSA) is 12.0 Å². The van der Waals surface area contributed by atoms with Crippen molar-refractivity contribution in [3.8, 4) is 0 Å². The standard InChI is InChI=1S/C15H23F2N/c1-4-6-18-15(7-11(3)5-2)12-8-13(16)10-14(17)9-12/h8-11,15,18H,4-7H2,1-3H3. The highest BCUT2D eigenvalue weighted by atomic mass is 19.1. The normalized spacial score (nSPS) is 14.5. The Hall–Kier alpha value is -0.960. The van der Waals surface area contributed by atoms with Crippen molar-refractivity contribution in [1.29, 1.82) is 0 Å². The number of benzene rings is 1. The van der Waals surface area contributed by atoms with Crippen LogP contribution in [0.15, 0.2) is 18.2 Å². The van der Waals surface area contributed by atoms with Gasteiger partial charge in [-0.1, -0.05) is 27.2 Å². The molecule has 1 nitrogen and oxygen atoms in total. The maximum absolute atomic E-state index is 13.3. The summed E-state index contributed by atoms with van der Waals surface area (Å²) in [5, 5.41) is 3.37. The molecule has 1 aromatic rings. The molecule has 0 amide bonds. The van der Waals surface area contributed by atoms with E-state index >= 15 is 0 Å². The van der Waals surface area contributed by atoms with Crippen molar-refractivity contribution >= 4 is 0 Å². The lowest BCUT2D eigenvalue weighted by Gasteiger charge is -2.22. The fourth-order valence-corrected chi connectivity index (χ4v) is 2.00. The molecule has 0 saturated carbocycles. The first kappa shape index (κ1) is 15.1. The third kappa shape index (κ3) is 4.73. The van der Waals surface area contributed by atoms with Crippen LogP contribution < -0.4 is 5.32 Å². The van der Waals surface area contributed by atoms with E-state index in [1.54, 1.807) is 0 Å². The Labute approximate surface area is 109 Å². The molecule has 2 atom stereocenters. The van der Waals surface area contributed by atoms with Crippen LogP contribution >= 0.6 is 0 Å². The minimum atomic E-state index is -0.502. The third-order valence-electron chi connectivity index (χ3n) is 3.26. The van der Waals surface area contributed by atoms with E-state index in [9.17, 15) is 8.78 Å². The van der Waals surface area contributed by atoms with Crippen LogP contribution in [0.25, 0.3) is 0 Å². The first-order chi connectivity index (χ1) is 8.56. The molecule has 0 fully saturated rings. The number of halogens is 2. The minimum Gasteiger partial charge on any atom is -0.310 e. The Morgan fingerprint density at radius 3 is 2.22 bits per heavy atom. The zero-order chi connectivity index (χ0) is 13.5. The van der Waals surface area contributed by atoms with Gasteiger partial charge in [0.15, 0.2) is 0 Å². The smallest absolute Gasteiger partial charge is 0.126 e. The molecule has 1 N–H and O–H groups in total. The number of nitrogens with one attached hydrogen (secondary N) is 1. The van der Waals surface area contributed by atoms with Crippen LogP contribution in [0.4, 0.5) is 8.78 Å². The van der Waals surface area contributed by atoms with Gasteiger partial charge >= 0.3 is 0 Å². The van der Waals surface area contributed by atoms with Gasteiger partial charge in [-0.25, -0.2) is 8.78 Å². The van der Waals surface area contributed by atoms with E-state index in [1.807, 2.05) is 0 Å². The second kappa shape index (κ2) is 7.47. The van der Waals surface area contributed by atoms with Crippen LogP contribution in [0.5, 0.6) is 0 Å². The number of hydrogen-bond donors (Lipinski definition) is 1. The zero-order valence-corrected chi connectivity index (χ0v) is 11.5. The summed E-state index contributed by atoms with van der Waals surface area (Å²) < 4.78 is 26.5. The van der Waals surface area contributed by atoms with Gasteiger partial charge in [-0.3, -0.25) is 0 Å². The molecule has 0 spiro atoms. The molecule has 1 aromatic carbocycles. The summed E-state index contributed by atoms with van der Waals surface area (Å²) >= 11 is 0. The molecule has 2 unspecified atom stereocenters. The van der Waals surface area contributed by atoms with Crippen molar-refractivity contribution in [2.24, 2.45) is 5.92 Å². The van der Waals surface area contributed by atoms with Crippen LogP contribution in [0, 0.1) is 17.6 Å². The monoisotopic (exact) mass is 255 g/mol. The molecule has 0 radical (unpaired) electrons. The molecule has 0 aliphatic rings. The van der Waals surface area contributed by atoms with Gasteiger partial charge < -0.3 is 5.32 Å². The van der Waals surface area contributed by atoms with E-state index in [1.165, 1.54) is 12.1 Å². The summed E-state index contributed by atoms with van der Waals surface area (Å²) in [4.78, 5) is 0. The quantitative estimate of drug-likeness (QED) is 0.759. The van der Waals surface area contributed by atoms with Gasteiger partial charge in [0, 0.05) is 12.1 Å². The molecule has 0 bridgehead atoms. The van der Waals surface area contributed by atoms with Gasteiger partial charge in [-0.15, -0.1) is 0 Å². The molecule has 0 saturated heterocycles. The molecule has 0 aliphatic heterocycles. The Balaban J connectivity index is 2.85. The molecule has 1 rings (SSSR count). The second-order valence-corrected chi connectivity index (χ2v) is 4.96. The number of rotatable bonds is 7. The van der Waals surface area contributed by atoms with Gasteiger partial charge in [0.25, 0.3) is 0 Å². The van der Waals surface area contributed by atoms with Crippen LogP contribution in [0.3, 0.4) is 0 Å². The van der Waals surface area contributed by atoms with E-state index in [2.05, 4.69) is 26.1 Å². The molecule has 0 aliphatic carbocycles. The summed E-state index contributed by atoms with van der Waals surface area (Å²) in [6.07, 6.45) is 2.98. The fraction of sp³-hybridized carbons (Fsp3) is 0.600. The van der Waals surface area contributed by atoms with E-state index in [0.29, 0.717) is 11.5 Å². The van der Waals surface area contributed by atoms with Crippen LogP contribution in [-0.4, -0.2) is 6.54 Å². The minimum absolute atomic E-state index is 0.0325. The van der Waals surface area contributed by atoms with Crippen LogP contribution in [-0.2, 0) is 0 Å². The molecule has 18 heavy (non-hydrogen) atoms. The van der Waals surface area contributed by atoms with Crippen molar-refractivity contribution in [1.82, 2.24) is 5.32 Å². The van der Waals surface area contributed by atoms with Crippen molar-refractivity contribution in [3.05, 3.63) is 35.4 Å². The van der Waals surface area contributed by atoms with E-state index in [4.69, 9.17) is 0 Å². The fourth-order valence-electron chi connectivity index (χ4n) is 2.00. The van der Waals surface area contributed by atoms with E-state index in [0.717, 1.165) is 31.9 Å². The second-order valence-electron chi connectivity index (χ2n) is 4.96. The van der Waals surface area contributed by atoms with Crippen molar-refractivity contribution < 1.29 is 8.78 Å². The average Bonchev–Trinajstić information content (AvgIpc) is 2.32. The largest absolute Gasteiger partial charge is 0.310 e. The molecule has 0 aromatic heterocycles. The maximum Gasteiger partial charge on any atom is 0.126 e. The lowest BCUT2D eigenvalue weighted by molar-refractivity contribution is 0.399. The maximum atomic E-state index is 13.3. The first-order valence-corrected chi connectivity index (χ1v) is 6.76. The number of hydrogen-bond acceptors (Lipinski definition) is 1. The zero-order valence-electron chi connectivity index (χ0n) is 11.5. The van der Waals surface area contributed by atoms with Crippen molar-refractivity contribution in [2.45, 2.75) is 46.1 Å². The predicted molar refractivity (Wildman–Crippen MR) is 71.5 cm³/mol. The Morgan fingerprint density at radius 2 is 1.72 bits per heavy atom. The lowest BCUT2D eigenvalue weighted by Crippen LogP contribution is -2.24. The van der Waals surface area contributed by atoms with Crippen molar-refractivity contribution in [2.75, 3.05) is 6.54 Å². The molecule has 0 heterocycles. The summed E-state index contributed by atoms with van der Waals surface area (Å²) in [6.45, 7) is 7.24. The van der Waals surface area contributed by atoms with Crippen molar-refractivity contribution in [3.63, 3.8) is 0 Å². The lowest BCUT2D eigenvalue weighted by atomic mass is 9.94. The average molecular weight is 255 g/mol. The highest BCUT2D eigenvalue weighted by Crippen LogP contribution is 2.24. The summed E-state index contributed by atoms with van der Waals surface area (Å²) in [5.74, 6) is -0.472. The third-order valence-corrected chi connectivity index (χ3v) is 3.26.